The second kappa shape index (κ2) is 5.89. The maximum Gasteiger partial charge on any atom is 0.326 e. The Kier molecular flexibility index (Phi) is 4.40. The number of hydrogen-bond acceptors (Lipinski definition) is 2. The molecule has 1 saturated carbocycles. The number of halogens is 2. The number of carbonyl (C=O) groups is 2. The van der Waals surface area contributed by atoms with Crippen molar-refractivity contribution < 1.29 is 14.7 Å². The molecule has 2 rings (SSSR count). The predicted molar refractivity (Wildman–Crippen MR) is 77.5 cm³/mol. The van der Waals surface area contributed by atoms with Gasteiger partial charge in [-0.25, -0.2) is 9.59 Å². The summed E-state index contributed by atoms with van der Waals surface area (Å²) in [5.41, 5.74) is 1.14. The van der Waals surface area contributed by atoms with E-state index in [4.69, 9.17) is 28.3 Å². The van der Waals surface area contributed by atoms with Crippen LogP contribution in [-0.2, 0) is 4.79 Å². The quantitative estimate of drug-likeness (QED) is 0.797. The number of anilines is 1. The van der Waals surface area contributed by atoms with Crippen LogP contribution in [-0.4, -0.2) is 23.1 Å². The van der Waals surface area contributed by atoms with Gasteiger partial charge in [0.25, 0.3) is 0 Å². The number of aryl methyl sites for hydroxylation is 1. The predicted octanol–water partition coefficient (Wildman–Crippen LogP) is 3.29. The van der Waals surface area contributed by atoms with E-state index in [1.165, 1.54) is 6.07 Å². The second-order valence-corrected chi connectivity index (χ2v) is 5.65. The first-order valence-electron chi connectivity index (χ1n) is 6.14. The smallest absolute Gasteiger partial charge is 0.326 e. The molecule has 7 heteroatoms. The number of urea groups is 1. The van der Waals surface area contributed by atoms with Crippen molar-refractivity contribution in [3.05, 3.63) is 27.7 Å². The zero-order valence-corrected chi connectivity index (χ0v) is 12.3. The van der Waals surface area contributed by atoms with Gasteiger partial charge in [0.15, 0.2) is 0 Å². The lowest BCUT2D eigenvalue weighted by atomic mass is 10.2. The lowest BCUT2D eigenvalue weighted by Crippen LogP contribution is -2.44. The van der Waals surface area contributed by atoms with E-state index < -0.39 is 18.0 Å². The highest BCUT2D eigenvalue weighted by molar-refractivity contribution is 6.36. The molecule has 1 unspecified atom stereocenters. The number of carbonyl (C=O) groups excluding carboxylic acids is 1. The molecule has 0 bridgehead atoms. The van der Waals surface area contributed by atoms with Crippen LogP contribution in [0.4, 0.5) is 10.5 Å². The minimum atomic E-state index is -1.03. The molecule has 0 radical (unpaired) electrons. The molecule has 0 aliphatic heterocycles. The van der Waals surface area contributed by atoms with Gasteiger partial charge >= 0.3 is 12.0 Å². The van der Waals surface area contributed by atoms with Crippen molar-refractivity contribution in [2.45, 2.75) is 25.8 Å². The van der Waals surface area contributed by atoms with E-state index in [0.29, 0.717) is 15.7 Å². The fourth-order valence-corrected chi connectivity index (χ4v) is 2.28. The Morgan fingerprint density at radius 3 is 2.50 bits per heavy atom. The number of hydrogen-bond donors (Lipinski definition) is 3. The van der Waals surface area contributed by atoms with Crippen molar-refractivity contribution in [2.24, 2.45) is 5.92 Å². The Morgan fingerprint density at radius 1 is 1.30 bits per heavy atom. The summed E-state index contributed by atoms with van der Waals surface area (Å²) in [4.78, 5) is 22.9. The van der Waals surface area contributed by atoms with Gasteiger partial charge in [-0.3, -0.25) is 0 Å². The number of aliphatic carboxylic acids is 1. The number of carboxylic acid groups (broad SMARTS) is 1. The first-order chi connectivity index (χ1) is 9.38. The molecule has 3 N–H and O–H groups in total. The molecule has 0 spiro atoms. The third-order valence-electron chi connectivity index (χ3n) is 3.14. The molecule has 0 saturated heterocycles. The highest BCUT2D eigenvalue weighted by Gasteiger charge is 2.37. The number of amides is 2. The van der Waals surface area contributed by atoms with E-state index in [2.05, 4.69) is 10.6 Å². The summed E-state index contributed by atoms with van der Waals surface area (Å²) < 4.78 is 0. The van der Waals surface area contributed by atoms with Gasteiger partial charge < -0.3 is 15.7 Å². The second-order valence-electron chi connectivity index (χ2n) is 4.83. The van der Waals surface area contributed by atoms with Crippen LogP contribution in [0, 0.1) is 12.8 Å². The molecule has 1 atom stereocenters. The molecule has 1 aromatic rings. The molecular weight excluding hydrogens is 303 g/mol. The highest BCUT2D eigenvalue weighted by atomic mass is 35.5. The molecule has 0 heterocycles. The van der Waals surface area contributed by atoms with Crippen LogP contribution in [0.1, 0.15) is 18.4 Å². The van der Waals surface area contributed by atoms with E-state index in [1.54, 1.807) is 13.0 Å². The largest absolute Gasteiger partial charge is 0.480 e. The van der Waals surface area contributed by atoms with Crippen LogP contribution < -0.4 is 10.6 Å². The van der Waals surface area contributed by atoms with Crippen LogP contribution in [0.25, 0.3) is 0 Å². The van der Waals surface area contributed by atoms with Crippen molar-refractivity contribution in [1.29, 1.82) is 0 Å². The standard InChI is InChI=1S/C13H14Cl2N2O3/c1-6-4-9(15)10(5-8(6)14)16-13(20)17-11(12(18)19)7-2-3-7/h4-5,7,11H,2-3H2,1H3,(H,18,19)(H2,16,17,20). The number of carboxylic acids is 1. The Hall–Kier alpha value is -1.46. The monoisotopic (exact) mass is 316 g/mol. The average molecular weight is 317 g/mol. The fourth-order valence-electron chi connectivity index (χ4n) is 1.85. The molecule has 0 aromatic heterocycles. The number of rotatable bonds is 4. The molecule has 2 amide bonds. The first-order valence-corrected chi connectivity index (χ1v) is 6.90. The summed E-state index contributed by atoms with van der Waals surface area (Å²) in [5.74, 6) is -1.02. The minimum absolute atomic E-state index is 0.00956. The molecule has 5 nitrogen and oxygen atoms in total. The fraction of sp³-hybridized carbons (Fsp3) is 0.385. The van der Waals surface area contributed by atoms with E-state index >= 15 is 0 Å². The van der Waals surface area contributed by atoms with Crippen molar-refractivity contribution in [1.82, 2.24) is 5.32 Å². The van der Waals surface area contributed by atoms with Crippen LogP contribution in [0.3, 0.4) is 0 Å². The summed E-state index contributed by atoms with van der Waals surface area (Å²) >= 11 is 12.0. The van der Waals surface area contributed by atoms with Gasteiger partial charge in [-0.2, -0.15) is 0 Å². The SMILES string of the molecule is Cc1cc(Cl)c(NC(=O)NC(C(=O)O)C2CC2)cc1Cl. The lowest BCUT2D eigenvalue weighted by molar-refractivity contribution is -0.139. The molecule has 108 valence electrons. The van der Waals surface area contributed by atoms with E-state index in [-0.39, 0.29) is 5.92 Å². The number of nitrogens with one attached hydrogen (secondary N) is 2. The van der Waals surface area contributed by atoms with Crippen LogP contribution in [0.15, 0.2) is 12.1 Å². The first kappa shape index (κ1) is 14.9. The third kappa shape index (κ3) is 3.55. The van der Waals surface area contributed by atoms with Gasteiger partial charge in [0.2, 0.25) is 0 Å². The van der Waals surface area contributed by atoms with E-state index in [0.717, 1.165) is 18.4 Å². The summed E-state index contributed by atoms with van der Waals surface area (Å²) in [6, 6.07) is 1.70. The van der Waals surface area contributed by atoms with Gasteiger partial charge in [0, 0.05) is 5.02 Å². The highest BCUT2D eigenvalue weighted by Crippen LogP contribution is 2.33. The Bertz CT molecular complexity index is 559. The molecule has 20 heavy (non-hydrogen) atoms. The maximum absolute atomic E-state index is 11.8. The van der Waals surface area contributed by atoms with Crippen molar-refractivity contribution in [3.63, 3.8) is 0 Å². The molecule has 1 aliphatic carbocycles. The summed E-state index contributed by atoms with van der Waals surface area (Å²) in [5, 5.41) is 14.8. The van der Waals surface area contributed by atoms with Gasteiger partial charge in [-0.15, -0.1) is 0 Å². The zero-order chi connectivity index (χ0) is 14.9. The van der Waals surface area contributed by atoms with Gasteiger partial charge in [-0.05, 0) is 43.4 Å². The van der Waals surface area contributed by atoms with Crippen molar-refractivity contribution in [3.8, 4) is 0 Å². The number of benzene rings is 1. The van der Waals surface area contributed by atoms with E-state index in [9.17, 15) is 9.59 Å². The molecule has 1 fully saturated rings. The van der Waals surface area contributed by atoms with Gasteiger partial charge in [0.05, 0.1) is 10.7 Å². The average Bonchev–Trinajstić information content (AvgIpc) is 3.17. The lowest BCUT2D eigenvalue weighted by Gasteiger charge is -2.15. The van der Waals surface area contributed by atoms with Crippen molar-refractivity contribution in [2.75, 3.05) is 5.32 Å². The Balaban J connectivity index is 2.04. The summed E-state index contributed by atoms with van der Waals surface area (Å²) in [6.07, 6.45) is 1.63. The third-order valence-corrected chi connectivity index (χ3v) is 3.86. The van der Waals surface area contributed by atoms with Gasteiger partial charge in [-0.1, -0.05) is 23.2 Å². The summed E-state index contributed by atoms with van der Waals surface area (Å²) in [6.45, 7) is 1.80. The topological polar surface area (TPSA) is 78.4 Å². The van der Waals surface area contributed by atoms with Crippen molar-refractivity contribution >= 4 is 40.9 Å². The van der Waals surface area contributed by atoms with Gasteiger partial charge in [0.1, 0.15) is 6.04 Å². The van der Waals surface area contributed by atoms with E-state index in [1.807, 2.05) is 0 Å². The minimum Gasteiger partial charge on any atom is -0.480 e. The van der Waals surface area contributed by atoms with Crippen LogP contribution in [0.2, 0.25) is 10.0 Å². The maximum atomic E-state index is 11.8. The molecule has 1 aliphatic rings. The molecule has 1 aromatic carbocycles. The Morgan fingerprint density at radius 2 is 1.95 bits per heavy atom. The summed E-state index contributed by atoms with van der Waals surface area (Å²) in [7, 11) is 0. The van der Waals surface area contributed by atoms with Crippen LogP contribution >= 0.6 is 23.2 Å². The van der Waals surface area contributed by atoms with Crippen LogP contribution in [0.5, 0.6) is 0 Å². The molecular formula is C13H14Cl2N2O3. The normalized spacial score (nSPS) is 15.6. The Labute approximate surface area is 126 Å². The zero-order valence-electron chi connectivity index (χ0n) is 10.7.